The van der Waals surface area contributed by atoms with Crippen LogP contribution in [0.15, 0.2) is 36.5 Å². The molecule has 0 saturated carbocycles. The van der Waals surface area contributed by atoms with Crippen molar-refractivity contribution < 1.29 is 9.90 Å². The van der Waals surface area contributed by atoms with Crippen LogP contribution in [0.3, 0.4) is 0 Å². The van der Waals surface area contributed by atoms with Gasteiger partial charge in [0.2, 0.25) is 0 Å². The van der Waals surface area contributed by atoms with E-state index in [2.05, 4.69) is 15.6 Å². The first kappa shape index (κ1) is 12.3. The molecule has 0 radical (unpaired) electrons. The number of carbonyl (C=O) groups is 1. The van der Waals surface area contributed by atoms with E-state index in [4.69, 9.17) is 5.11 Å². The lowest BCUT2D eigenvalue weighted by atomic mass is 10.3. The number of rotatable bonds is 4. The van der Waals surface area contributed by atoms with E-state index in [1.807, 2.05) is 30.3 Å². The fraction of sp³-hybridized carbons (Fsp3) is 0.250. The molecule has 2 aromatic rings. The smallest absolute Gasteiger partial charge is 0.273 e. The van der Waals surface area contributed by atoms with Crippen LogP contribution in [0.2, 0.25) is 0 Å². The van der Waals surface area contributed by atoms with Gasteiger partial charge in [0.15, 0.2) is 5.69 Å². The van der Waals surface area contributed by atoms with Gasteiger partial charge in [0.05, 0.1) is 18.5 Å². The van der Waals surface area contributed by atoms with Crippen molar-refractivity contribution in [3.8, 4) is 5.69 Å². The quantitative estimate of drug-likeness (QED) is 0.817. The van der Waals surface area contributed by atoms with E-state index in [9.17, 15) is 4.79 Å². The molecule has 94 valence electrons. The molecule has 0 spiro atoms. The number of aliphatic hydroxyl groups excluding tert-OH is 1. The minimum Gasteiger partial charge on any atom is -0.394 e. The second-order valence-corrected chi connectivity index (χ2v) is 3.94. The van der Waals surface area contributed by atoms with Crippen LogP contribution in [0.4, 0.5) is 0 Å². The fourth-order valence-corrected chi connectivity index (χ4v) is 1.42. The molecule has 18 heavy (non-hydrogen) atoms. The van der Waals surface area contributed by atoms with E-state index in [0.29, 0.717) is 0 Å². The van der Waals surface area contributed by atoms with E-state index in [0.717, 1.165) is 5.69 Å². The van der Waals surface area contributed by atoms with Crippen LogP contribution in [-0.4, -0.2) is 38.7 Å². The number of hydrogen-bond donors (Lipinski definition) is 2. The number of aromatic nitrogens is 3. The van der Waals surface area contributed by atoms with Gasteiger partial charge < -0.3 is 10.4 Å². The number of nitrogens with zero attached hydrogens (tertiary/aromatic N) is 3. The molecule has 1 aromatic heterocycles. The van der Waals surface area contributed by atoms with Crippen molar-refractivity contribution >= 4 is 5.91 Å². The van der Waals surface area contributed by atoms with Crippen molar-refractivity contribution in [2.75, 3.05) is 6.61 Å². The first-order valence-corrected chi connectivity index (χ1v) is 5.60. The Morgan fingerprint density at radius 1 is 1.44 bits per heavy atom. The highest BCUT2D eigenvalue weighted by molar-refractivity contribution is 5.92. The van der Waals surface area contributed by atoms with Gasteiger partial charge in [-0.1, -0.05) is 23.4 Å². The molecule has 2 rings (SSSR count). The van der Waals surface area contributed by atoms with Gasteiger partial charge >= 0.3 is 0 Å². The molecule has 0 unspecified atom stereocenters. The zero-order valence-electron chi connectivity index (χ0n) is 9.95. The maximum atomic E-state index is 11.7. The highest BCUT2D eigenvalue weighted by Gasteiger charge is 2.13. The molecule has 0 aliphatic carbocycles. The maximum absolute atomic E-state index is 11.7. The molecule has 0 aliphatic heterocycles. The first-order chi connectivity index (χ1) is 8.70. The summed E-state index contributed by atoms with van der Waals surface area (Å²) >= 11 is 0. The summed E-state index contributed by atoms with van der Waals surface area (Å²) in [7, 11) is 0. The van der Waals surface area contributed by atoms with E-state index in [1.54, 1.807) is 13.1 Å². The standard InChI is InChI=1S/C12H14N4O2/c1-9(8-17)13-12(18)11-7-16(15-14-11)10-5-3-2-4-6-10/h2-7,9,17H,8H2,1H3,(H,13,18)/t9-/m0/s1. The lowest BCUT2D eigenvalue weighted by Crippen LogP contribution is -2.35. The van der Waals surface area contributed by atoms with Gasteiger partial charge in [-0.25, -0.2) is 4.68 Å². The summed E-state index contributed by atoms with van der Waals surface area (Å²) in [6.07, 6.45) is 1.55. The Balaban J connectivity index is 2.13. The minimum absolute atomic E-state index is 0.113. The van der Waals surface area contributed by atoms with Crippen LogP contribution in [0.25, 0.3) is 5.69 Å². The number of aliphatic hydroxyl groups is 1. The van der Waals surface area contributed by atoms with Crippen LogP contribution >= 0.6 is 0 Å². The van der Waals surface area contributed by atoms with Crippen LogP contribution < -0.4 is 5.32 Å². The summed E-state index contributed by atoms with van der Waals surface area (Å²) < 4.78 is 1.53. The van der Waals surface area contributed by atoms with Crippen molar-refractivity contribution in [1.29, 1.82) is 0 Å². The molecule has 1 amide bonds. The average molecular weight is 246 g/mol. The third-order valence-corrected chi connectivity index (χ3v) is 2.40. The summed E-state index contributed by atoms with van der Waals surface area (Å²) in [6.45, 7) is 1.60. The molecule has 0 saturated heterocycles. The highest BCUT2D eigenvalue weighted by Crippen LogP contribution is 2.05. The molecule has 6 nitrogen and oxygen atoms in total. The number of amides is 1. The van der Waals surface area contributed by atoms with Crippen molar-refractivity contribution in [3.05, 3.63) is 42.2 Å². The van der Waals surface area contributed by atoms with Gasteiger partial charge in [-0.3, -0.25) is 4.79 Å². The van der Waals surface area contributed by atoms with Crippen LogP contribution in [0, 0.1) is 0 Å². The lowest BCUT2D eigenvalue weighted by molar-refractivity contribution is 0.0917. The first-order valence-electron chi connectivity index (χ1n) is 5.60. The predicted octanol–water partition coefficient (Wildman–Crippen LogP) is 0.378. The van der Waals surface area contributed by atoms with Crippen LogP contribution in [-0.2, 0) is 0 Å². The molecule has 1 atom stereocenters. The molecular weight excluding hydrogens is 232 g/mol. The second kappa shape index (κ2) is 5.42. The average Bonchev–Trinajstić information content (AvgIpc) is 2.89. The topological polar surface area (TPSA) is 80.0 Å². The number of para-hydroxylation sites is 1. The van der Waals surface area contributed by atoms with Crippen molar-refractivity contribution in [2.24, 2.45) is 0 Å². The van der Waals surface area contributed by atoms with Gasteiger partial charge in [-0.2, -0.15) is 0 Å². The van der Waals surface area contributed by atoms with E-state index in [1.165, 1.54) is 4.68 Å². The minimum atomic E-state index is -0.348. The Labute approximate surface area is 104 Å². The maximum Gasteiger partial charge on any atom is 0.273 e. The van der Waals surface area contributed by atoms with Crippen molar-refractivity contribution in [3.63, 3.8) is 0 Å². The van der Waals surface area contributed by atoms with Crippen LogP contribution in [0.1, 0.15) is 17.4 Å². The SMILES string of the molecule is C[C@@H](CO)NC(=O)c1cn(-c2ccccc2)nn1. The number of nitrogens with one attached hydrogen (secondary N) is 1. The predicted molar refractivity (Wildman–Crippen MR) is 65.4 cm³/mol. The third-order valence-electron chi connectivity index (χ3n) is 2.40. The Kier molecular flexibility index (Phi) is 3.69. The molecule has 1 heterocycles. The largest absolute Gasteiger partial charge is 0.394 e. The summed E-state index contributed by atoms with van der Waals surface area (Å²) in [5.41, 5.74) is 1.05. The van der Waals surface area contributed by atoms with Gasteiger partial charge in [0.25, 0.3) is 5.91 Å². The molecule has 0 fully saturated rings. The Bertz CT molecular complexity index is 524. The number of benzene rings is 1. The van der Waals surface area contributed by atoms with E-state index < -0.39 is 0 Å². The van der Waals surface area contributed by atoms with Gasteiger partial charge in [0, 0.05) is 6.04 Å². The van der Waals surface area contributed by atoms with E-state index >= 15 is 0 Å². The fourth-order valence-electron chi connectivity index (χ4n) is 1.42. The summed E-state index contributed by atoms with van der Waals surface area (Å²) in [6, 6.07) is 9.09. The Hall–Kier alpha value is -2.21. The zero-order chi connectivity index (χ0) is 13.0. The van der Waals surface area contributed by atoms with Crippen molar-refractivity contribution in [1.82, 2.24) is 20.3 Å². The molecule has 6 heteroatoms. The molecule has 0 aliphatic rings. The Morgan fingerprint density at radius 3 is 2.83 bits per heavy atom. The van der Waals surface area contributed by atoms with Gasteiger partial charge in [-0.15, -0.1) is 5.10 Å². The number of carbonyl (C=O) groups excluding carboxylic acids is 1. The molecular formula is C12H14N4O2. The highest BCUT2D eigenvalue weighted by atomic mass is 16.3. The second-order valence-electron chi connectivity index (χ2n) is 3.94. The van der Waals surface area contributed by atoms with Gasteiger partial charge in [-0.05, 0) is 19.1 Å². The summed E-state index contributed by atoms with van der Waals surface area (Å²) in [5.74, 6) is -0.348. The Morgan fingerprint density at radius 2 is 2.17 bits per heavy atom. The molecule has 2 N–H and O–H groups in total. The summed E-state index contributed by atoms with van der Waals surface area (Å²) in [5, 5.41) is 19.1. The monoisotopic (exact) mass is 246 g/mol. The summed E-state index contributed by atoms with van der Waals surface area (Å²) in [4.78, 5) is 11.7. The molecule has 0 bridgehead atoms. The van der Waals surface area contributed by atoms with Gasteiger partial charge in [0.1, 0.15) is 0 Å². The zero-order valence-corrected chi connectivity index (χ0v) is 9.95. The van der Waals surface area contributed by atoms with E-state index in [-0.39, 0.29) is 24.2 Å². The lowest BCUT2D eigenvalue weighted by Gasteiger charge is -2.08. The molecule has 1 aromatic carbocycles. The number of hydrogen-bond acceptors (Lipinski definition) is 4. The van der Waals surface area contributed by atoms with Crippen molar-refractivity contribution in [2.45, 2.75) is 13.0 Å². The normalized spacial score (nSPS) is 12.1. The van der Waals surface area contributed by atoms with Crippen LogP contribution in [0.5, 0.6) is 0 Å². The third kappa shape index (κ3) is 2.72.